The molecule has 0 N–H and O–H groups in total. The number of aromatic nitrogens is 2. The van der Waals surface area contributed by atoms with Crippen LogP contribution in [0.3, 0.4) is 0 Å². The number of fused-ring (bicyclic) bond motifs is 12. The summed E-state index contributed by atoms with van der Waals surface area (Å²) >= 11 is 0. The second kappa shape index (κ2) is 16.6. The molecule has 0 atom stereocenters. The molecule has 4 aromatic heterocycles. The first-order chi connectivity index (χ1) is 36.7. The van der Waals surface area contributed by atoms with Gasteiger partial charge in [-0.15, -0.1) is 0 Å². The van der Waals surface area contributed by atoms with Crippen molar-refractivity contribution in [2.45, 2.75) is 26.7 Å². The van der Waals surface area contributed by atoms with Crippen molar-refractivity contribution < 1.29 is 0 Å². The summed E-state index contributed by atoms with van der Waals surface area (Å²) in [5.41, 5.74) is 21.8. The van der Waals surface area contributed by atoms with Gasteiger partial charge in [-0.3, -0.25) is 0 Å². The molecule has 4 heteroatoms. The second-order valence-corrected chi connectivity index (χ2v) is 19.7. The van der Waals surface area contributed by atoms with E-state index in [1.807, 2.05) is 0 Å². The monoisotopic (exact) mass is 946 g/mol. The molecule has 4 nitrogen and oxygen atoms in total. The Morgan fingerprint density at radius 3 is 1.09 bits per heavy atom. The minimum absolute atomic E-state index is 0.897. The Labute approximate surface area is 429 Å². The molecule has 0 radical (unpaired) electrons. The summed E-state index contributed by atoms with van der Waals surface area (Å²) in [4.78, 5) is 5.08. The molecule has 11 aromatic carbocycles. The molecule has 15 rings (SSSR count). The lowest BCUT2D eigenvalue weighted by atomic mass is 9.96. The highest BCUT2D eigenvalue weighted by molar-refractivity contribution is 6.32. The topological polar surface area (TPSA) is 15.3 Å². The van der Waals surface area contributed by atoms with Gasteiger partial charge >= 0.3 is 0 Å². The summed E-state index contributed by atoms with van der Waals surface area (Å²) in [6, 6.07) is 89.9. The van der Waals surface area contributed by atoms with Gasteiger partial charge in [0, 0.05) is 65.6 Å². The Hall–Kier alpha value is -9.38. The Morgan fingerprint density at radius 1 is 0.311 bits per heavy atom. The first-order valence-corrected chi connectivity index (χ1v) is 26.1. The van der Waals surface area contributed by atoms with Gasteiger partial charge in [0.15, 0.2) is 0 Å². The predicted octanol–water partition coefficient (Wildman–Crippen LogP) is 19.4. The van der Waals surface area contributed by atoms with Gasteiger partial charge in [-0.05, 0) is 95.8 Å². The average Bonchev–Trinajstić information content (AvgIpc) is 4.31. The van der Waals surface area contributed by atoms with Crippen LogP contribution in [0.4, 0.5) is 34.1 Å². The van der Waals surface area contributed by atoms with E-state index in [0.717, 1.165) is 24.2 Å². The summed E-state index contributed by atoms with van der Waals surface area (Å²) in [5, 5.41) is 10.0. The first-order valence-electron chi connectivity index (χ1n) is 26.1. The van der Waals surface area contributed by atoms with Gasteiger partial charge in [-0.25, -0.2) is 0 Å². The molecule has 0 aliphatic heterocycles. The number of anilines is 6. The lowest BCUT2D eigenvalue weighted by Crippen LogP contribution is -2.14. The van der Waals surface area contributed by atoms with E-state index in [4.69, 9.17) is 0 Å². The standard InChI is InChI=1S/C70H50N4/c1-3-45-27-21-35-51(47-23-9-5-10-24-47)67(45)71(49-29-13-7-14-30-49)61-41-39-53-57-43-64-58(44-63(57)73-59-37-19-17-33-55(59)65(61)69(53)73)54-40-42-62(66-56-34-18-20-38-60(56)74(64)70(54)66)72(50-31-15-8-16-32-50)68-46(4-2)28-22-36-52(68)48-25-11-6-12-26-48/h5-44H,3-4H2,1-2H3. The lowest BCUT2D eigenvalue weighted by molar-refractivity contribution is 1.12. The molecule has 0 bridgehead atoms. The number of aryl methyl sites for hydroxylation is 2. The zero-order chi connectivity index (χ0) is 49.0. The Bertz CT molecular complexity index is 4310. The van der Waals surface area contributed by atoms with Crippen LogP contribution < -0.4 is 9.80 Å². The van der Waals surface area contributed by atoms with Crippen LogP contribution >= 0.6 is 0 Å². The first kappa shape index (κ1) is 42.3. The number of hydrogen-bond donors (Lipinski definition) is 0. The minimum atomic E-state index is 0.897. The van der Waals surface area contributed by atoms with Crippen LogP contribution in [-0.2, 0) is 12.8 Å². The number of hydrogen-bond acceptors (Lipinski definition) is 2. The summed E-state index contributed by atoms with van der Waals surface area (Å²) in [6.45, 7) is 4.55. The maximum absolute atomic E-state index is 2.56. The van der Waals surface area contributed by atoms with Crippen LogP contribution in [0.1, 0.15) is 25.0 Å². The van der Waals surface area contributed by atoms with E-state index in [-0.39, 0.29) is 0 Å². The fourth-order valence-electron chi connectivity index (χ4n) is 12.8. The summed E-state index contributed by atoms with van der Waals surface area (Å²) in [7, 11) is 0. The van der Waals surface area contributed by atoms with Gasteiger partial charge in [-0.2, -0.15) is 0 Å². The van der Waals surface area contributed by atoms with E-state index >= 15 is 0 Å². The van der Waals surface area contributed by atoms with Gasteiger partial charge in [0.2, 0.25) is 0 Å². The minimum Gasteiger partial charge on any atom is -0.309 e. The molecule has 74 heavy (non-hydrogen) atoms. The van der Waals surface area contributed by atoms with E-state index in [1.54, 1.807) is 0 Å². The quantitative estimate of drug-likeness (QED) is 0.136. The summed E-state index contributed by atoms with van der Waals surface area (Å²) < 4.78 is 5.13. The van der Waals surface area contributed by atoms with Crippen LogP contribution in [0.15, 0.2) is 243 Å². The number of para-hydroxylation sites is 6. The van der Waals surface area contributed by atoms with Gasteiger partial charge in [0.1, 0.15) is 0 Å². The molecule has 0 saturated heterocycles. The van der Waals surface area contributed by atoms with Gasteiger partial charge in [-0.1, -0.05) is 196 Å². The van der Waals surface area contributed by atoms with Crippen molar-refractivity contribution in [1.29, 1.82) is 0 Å². The molecular formula is C70H50N4. The molecule has 0 aliphatic carbocycles. The largest absolute Gasteiger partial charge is 0.309 e. The second-order valence-electron chi connectivity index (χ2n) is 19.7. The van der Waals surface area contributed by atoms with Crippen molar-refractivity contribution in [1.82, 2.24) is 8.80 Å². The van der Waals surface area contributed by atoms with Crippen molar-refractivity contribution in [2.75, 3.05) is 9.80 Å². The van der Waals surface area contributed by atoms with Crippen molar-refractivity contribution in [3.05, 3.63) is 254 Å². The smallest absolute Gasteiger partial charge is 0.0641 e. The van der Waals surface area contributed by atoms with Crippen LogP contribution in [0, 0.1) is 0 Å². The van der Waals surface area contributed by atoms with Gasteiger partial charge < -0.3 is 18.6 Å². The molecule has 0 unspecified atom stereocenters. The molecular weight excluding hydrogens is 897 g/mol. The van der Waals surface area contributed by atoms with Gasteiger partial charge in [0.05, 0.1) is 55.8 Å². The lowest BCUT2D eigenvalue weighted by Gasteiger charge is -2.31. The number of nitrogens with zero attached hydrogens (tertiary/aromatic N) is 4. The molecule has 4 heterocycles. The zero-order valence-corrected chi connectivity index (χ0v) is 41.3. The third kappa shape index (κ3) is 6.03. The van der Waals surface area contributed by atoms with E-state index in [2.05, 4.69) is 275 Å². The number of rotatable bonds is 10. The third-order valence-corrected chi connectivity index (χ3v) is 15.9. The molecule has 0 saturated carbocycles. The summed E-state index contributed by atoms with van der Waals surface area (Å²) in [5.74, 6) is 0. The Balaban J connectivity index is 1.02. The highest BCUT2D eigenvalue weighted by Crippen LogP contribution is 2.53. The van der Waals surface area contributed by atoms with E-state index < -0.39 is 0 Å². The normalized spacial score (nSPS) is 12.0. The molecule has 350 valence electrons. The third-order valence-electron chi connectivity index (χ3n) is 15.9. The Morgan fingerprint density at radius 2 is 0.689 bits per heavy atom. The average molecular weight is 947 g/mol. The summed E-state index contributed by atoms with van der Waals surface area (Å²) in [6.07, 6.45) is 1.79. The van der Waals surface area contributed by atoms with Crippen molar-refractivity contribution in [3.63, 3.8) is 0 Å². The fraction of sp³-hybridized carbons (Fsp3) is 0.0571. The van der Waals surface area contributed by atoms with Crippen LogP contribution in [0.25, 0.3) is 98.4 Å². The van der Waals surface area contributed by atoms with E-state index in [1.165, 1.54) is 132 Å². The molecule has 0 spiro atoms. The zero-order valence-electron chi connectivity index (χ0n) is 41.3. The fourth-order valence-corrected chi connectivity index (χ4v) is 12.8. The van der Waals surface area contributed by atoms with E-state index in [9.17, 15) is 0 Å². The maximum Gasteiger partial charge on any atom is 0.0641 e. The van der Waals surface area contributed by atoms with Crippen LogP contribution in [0.2, 0.25) is 0 Å². The highest BCUT2D eigenvalue weighted by atomic mass is 15.2. The number of benzene rings is 11. The molecule has 0 aliphatic rings. The highest BCUT2D eigenvalue weighted by Gasteiger charge is 2.30. The predicted molar refractivity (Wildman–Crippen MR) is 315 cm³/mol. The van der Waals surface area contributed by atoms with Crippen LogP contribution in [-0.4, -0.2) is 8.80 Å². The molecule has 15 aromatic rings. The van der Waals surface area contributed by atoms with Crippen molar-refractivity contribution in [3.8, 4) is 22.3 Å². The van der Waals surface area contributed by atoms with E-state index in [0.29, 0.717) is 0 Å². The van der Waals surface area contributed by atoms with Crippen LogP contribution in [0.5, 0.6) is 0 Å². The SMILES string of the molecule is CCc1cccc(-c2ccccc2)c1N(c1ccccc1)c1ccc2c3cc4c(cc3n3c5ccccc5c1c23)c1ccc(N(c2ccccc2)c2c(CC)cccc2-c2ccccc2)c2c3ccccc3n4c12. The van der Waals surface area contributed by atoms with Gasteiger partial charge in [0.25, 0.3) is 0 Å². The molecule has 0 amide bonds. The van der Waals surface area contributed by atoms with Crippen molar-refractivity contribution >= 4 is 110 Å². The molecule has 0 fully saturated rings. The Kier molecular flexibility index (Phi) is 9.49. The maximum atomic E-state index is 2.56. The van der Waals surface area contributed by atoms with Crippen molar-refractivity contribution in [2.24, 2.45) is 0 Å².